The fourth-order valence-electron chi connectivity index (χ4n) is 2.05. The summed E-state index contributed by atoms with van der Waals surface area (Å²) in [6.45, 7) is 0.430. The van der Waals surface area contributed by atoms with Gasteiger partial charge in [0, 0.05) is 29.4 Å². The first-order valence-corrected chi connectivity index (χ1v) is 8.75. The van der Waals surface area contributed by atoms with Gasteiger partial charge < -0.3 is 10.1 Å². The highest BCUT2D eigenvalue weighted by Gasteiger charge is 2.06. The van der Waals surface area contributed by atoms with Crippen LogP contribution in [0.2, 0.25) is 5.02 Å². The Bertz CT molecular complexity index is 694. The fraction of sp³-hybridized carbons (Fsp3) is 0.250. The summed E-state index contributed by atoms with van der Waals surface area (Å²) in [5, 5.41) is 3.74. The Morgan fingerprint density at radius 3 is 2.59 bits per heavy atom. The van der Waals surface area contributed by atoms with Crippen molar-refractivity contribution in [2.45, 2.75) is 12.3 Å². The average molecular weight is 342 g/mol. The minimum atomic E-state index is -0.913. The molecule has 0 amide bonds. The molecule has 3 nitrogen and oxygen atoms in total. The third-order valence-corrected chi connectivity index (χ3v) is 4.17. The monoisotopic (exact) mass is 341 g/mol. The highest BCUT2D eigenvalue weighted by molar-refractivity contribution is 7.83. The summed E-state index contributed by atoms with van der Waals surface area (Å²) in [6, 6.07) is 10.3. The van der Waals surface area contributed by atoms with Crippen molar-refractivity contribution in [3.63, 3.8) is 0 Å². The van der Waals surface area contributed by atoms with Gasteiger partial charge in [-0.1, -0.05) is 23.7 Å². The van der Waals surface area contributed by atoms with Crippen molar-refractivity contribution < 1.29 is 13.3 Å². The molecular weight excluding hydrogens is 325 g/mol. The van der Waals surface area contributed by atoms with Gasteiger partial charge in [-0.05, 0) is 35.4 Å². The molecule has 118 valence electrons. The minimum absolute atomic E-state index is 0.217. The van der Waals surface area contributed by atoms with Crippen LogP contribution in [0.3, 0.4) is 0 Å². The summed E-state index contributed by atoms with van der Waals surface area (Å²) in [5.74, 6) is 0.292. The molecule has 0 aliphatic carbocycles. The van der Waals surface area contributed by atoms with E-state index < -0.39 is 16.6 Å². The molecule has 0 aliphatic heterocycles. The third kappa shape index (κ3) is 4.45. The lowest BCUT2D eigenvalue weighted by Gasteiger charge is -2.11. The average Bonchev–Trinajstić information content (AvgIpc) is 2.47. The van der Waals surface area contributed by atoms with Gasteiger partial charge in [0.15, 0.2) is 11.6 Å². The van der Waals surface area contributed by atoms with E-state index in [1.54, 1.807) is 24.5 Å². The van der Waals surface area contributed by atoms with Crippen molar-refractivity contribution >= 4 is 28.1 Å². The Morgan fingerprint density at radius 1 is 1.23 bits per heavy atom. The van der Waals surface area contributed by atoms with Gasteiger partial charge in [-0.2, -0.15) is 0 Å². The van der Waals surface area contributed by atoms with E-state index in [9.17, 15) is 8.60 Å². The van der Waals surface area contributed by atoms with Crippen LogP contribution >= 0.6 is 11.6 Å². The molecule has 2 aromatic carbocycles. The fourth-order valence-corrected chi connectivity index (χ4v) is 2.88. The quantitative estimate of drug-likeness (QED) is 0.863. The van der Waals surface area contributed by atoms with E-state index in [2.05, 4.69) is 5.32 Å². The highest BCUT2D eigenvalue weighted by Crippen LogP contribution is 2.25. The molecule has 2 rings (SSSR count). The SMILES string of the molecule is COc1ccc(CNc2cc(CS(C)=O)ccc2Cl)cc1F. The van der Waals surface area contributed by atoms with E-state index in [0.717, 1.165) is 16.8 Å². The number of ether oxygens (including phenoxy) is 1. The van der Waals surface area contributed by atoms with Crippen LogP contribution < -0.4 is 10.1 Å². The Kier molecular flexibility index (Phi) is 5.80. The number of benzene rings is 2. The zero-order valence-electron chi connectivity index (χ0n) is 12.4. The van der Waals surface area contributed by atoms with E-state index in [1.807, 2.05) is 12.1 Å². The van der Waals surface area contributed by atoms with Crippen LogP contribution in [-0.2, 0) is 23.1 Å². The lowest BCUT2D eigenvalue weighted by molar-refractivity contribution is 0.386. The molecule has 0 bridgehead atoms. The number of rotatable bonds is 6. The number of hydrogen-bond acceptors (Lipinski definition) is 3. The Balaban J connectivity index is 2.10. The molecule has 6 heteroatoms. The van der Waals surface area contributed by atoms with Gasteiger partial charge in [0.1, 0.15) is 0 Å². The molecule has 1 atom stereocenters. The van der Waals surface area contributed by atoms with Crippen molar-refractivity contribution in [1.29, 1.82) is 0 Å². The van der Waals surface area contributed by atoms with Crippen molar-refractivity contribution in [3.05, 3.63) is 58.4 Å². The molecular formula is C16H17ClFNO2S. The number of methoxy groups -OCH3 is 1. The largest absolute Gasteiger partial charge is 0.494 e. The lowest BCUT2D eigenvalue weighted by atomic mass is 10.2. The summed E-state index contributed by atoms with van der Waals surface area (Å²) in [7, 11) is 0.517. The summed E-state index contributed by atoms with van der Waals surface area (Å²) in [5.41, 5.74) is 2.45. The van der Waals surface area contributed by atoms with Crippen molar-refractivity contribution in [1.82, 2.24) is 0 Å². The van der Waals surface area contributed by atoms with Gasteiger partial charge in [0.2, 0.25) is 0 Å². The molecule has 0 heterocycles. The maximum atomic E-state index is 13.7. The van der Waals surface area contributed by atoms with E-state index in [-0.39, 0.29) is 5.75 Å². The zero-order valence-corrected chi connectivity index (χ0v) is 13.9. The maximum absolute atomic E-state index is 13.7. The minimum Gasteiger partial charge on any atom is -0.494 e. The van der Waals surface area contributed by atoms with Crippen molar-refractivity contribution in [3.8, 4) is 5.75 Å². The maximum Gasteiger partial charge on any atom is 0.165 e. The number of nitrogens with one attached hydrogen (secondary N) is 1. The molecule has 0 saturated carbocycles. The van der Waals surface area contributed by atoms with Crippen LogP contribution in [0.15, 0.2) is 36.4 Å². The molecule has 22 heavy (non-hydrogen) atoms. The number of hydrogen-bond donors (Lipinski definition) is 1. The van der Waals surface area contributed by atoms with Crippen LogP contribution in [0.25, 0.3) is 0 Å². The summed E-state index contributed by atoms with van der Waals surface area (Å²) >= 11 is 6.15. The van der Waals surface area contributed by atoms with E-state index >= 15 is 0 Å². The normalized spacial score (nSPS) is 12.0. The second kappa shape index (κ2) is 7.61. The van der Waals surface area contributed by atoms with Gasteiger partial charge in [0.25, 0.3) is 0 Å². The van der Waals surface area contributed by atoms with Crippen LogP contribution in [0, 0.1) is 5.82 Å². The topological polar surface area (TPSA) is 38.3 Å². The smallest absolute Gasteiger partial charge is 0.165 e. The Hall–Kier alpha value is -1.59. The van der Waals surface area contributed by atoms with Crippen LogP contribution in [0.1, 0.15) is 11.1 Å². The Morgan fingerprint density at radius 2 is 1.95 bits per heavy atom. The second-order valence-corrected chi connectivity index (χ2v) is 6.70. The van der Waals surface area contributed by atoms with E-state index in [1.165, 1.54) is 13.2 Å². The van der Waals surface area contributed by atoms with Crippen molar-refractivity contribution in [2.24, 2.45) is 0 Å². The molecule has 1 N–H and O–H groups in total. The highest BCUT2D eigenvalue weighted by atomic mass is 35.5. The lowest BCUT2D eigenvalue weighted by Crippen LogP contribution is -2.02. The Labute approximate surface area is 136 Å². The van der Waals surface area contributed by atoms with Crippen LogP contribution in [0.4, 0.5) is 10.1 Å². The van der Waals surface area contributed by atoms with Gasteiger partial charge in [-0.25, -0.2) is 4.39 Å². The van der Waals surface area contributed by atoms with Gasteiger partial charge >= 0.3 is 0 Å². The molecule has 0 aliphatic rings. The second-order valence-electron chi connectivity index (χ2n) is 4.85. The molecule has 0 spiro atoms. The standard InChI is InChI=1S/C16H17ClFNO2S/c1-21-16-6-4-11(7-14(16)18)9-19-15-8-12(10-22(2)20)3-5-13(15)17/h3-8,19H,9-10H2,1-2H3. The molecule has 0 aromatic heterocycles. The van der Waals surface area contributed by atoms with Gasteiger partial charge in [-0.3, -0.25) is 4.21 Å². The molecule has 0 saturated heterocycles. The summed E-state index contributed by atoms with van der Waals surface area (Å²) < 4.78 is 29.8. The predicted molar refractivity (Wildman–Crippen MR) is 89.5 cm³/mol. The van der Waals surface area contributed by atoms with E-state index in [0.29, 0.717) is 17.3 Å². The third-order valence-electron chi connectivity index (χ3n) is 3.10. The van der Waals surface area contributed by atoms with E-state index in [4.69, 9.17) is 16.3 Å². The van der Waals surface area contributed by atoms with Gasteiger partial charge in [0.05, 0.1) is 17.8 Å². The van der Waals surface area contributed by atoms with Crippen molar-refractivity contribution in [2.75, 3.05) is 18.7 Å². The number of halogens is 2. The van der Waals surface area contributed by atoms with Crippen LogP contribution in [-0.4, -0.2) is 17.6 Å². The summed E-state index contributed by atoms with van der Waals surface area (Å²) in [6.07, 6.45) is 1.65. The predicted octanol–water partition coefficient (Wildman–Crippen LogP) is 3.98. The molecule has 1 unspecified atom stereocenters. The molecule has 0 radical (unpaired) electrons. The summed E-state index contributed by atoms with van der Waals surface area (Å²) in [4.78, 5) is 0. The number of anilines is 1. The van der Waals surface area contributed by atoms with Crippen LogP contribution in [0.5, 0.6) is 5.75 Å². The van der Waals surface area contributed by atoms with Gasteiger partial charge in [-0.15, -0.1) is 0 Å². The first-order chi connectivity index (χ1) is 10.5. The molecule has 0 fully saturated rings. The first-order valence-electron chi connectivity index (χ1n) is 6.64. The first kappa shape index (κ1) is 16.8. The molecule has 2 aromatic rings. The zero-order chi connectivity index (χ0) is 16.1.